The van der Waals surface area contributed by atoms with Gasteiger partial charge in [-0.25, -0.2) is 9.97 Å². The fourth-order valence-corrected chi connectivity index (χ4v) is 3.85. The molecule has 0 bridgehead atoms. The van der Waals surface area contributed by atoms with Crippen LogP contribution >= 0.6 is 12.6 Å². The van der Waals surface area contributed by atoms with Crippen LogP contribution in [-0.4, -0.2) is 68.0 Å². The first-order chi connectivity index (χ1) is 15.8. The molecular formula is C20H27N5O7S. The predicted molar refractivity (Wildman–Crippen MR) is 119 cm³/mol. The van der Waals surface area contributed by atoms with Gasteiger partial charge in [-0.15, -0.1) is 0 Å². The van der Waals surface area contributed by atoms with Crippen LogP contribution in [0.15, 0.2) is 6.33 Å². The predicted octanol–water partition coefficient (Wildman–Crippen LogP) is 1.65. The highest BCUT2D eigenvalue weighted by Crippen LogP contribution is 2.39. The second-order valence-electron chi connectivity index (χ2n) is 7.43. The third kappa shape index (κ3) is 5.53. The van der Waals surface area contributed by atoms with E-state index in [9.17, 15) is 14.4 Å². The number of nitrogens with one attached hydrogen (secondary N) is 1. The van der Waals surface area contributed by atoms with Gasteiger partial charge in [-0.05, 0) is 6.42 Å². The summed E-state index contributed by atoms with van der Waals surface area (Å²) >= 11 is 4.31. The SMILES string of the molecule is CCCCNc1nc2c(OC(C)=O)ncnc2n1[C@@H]1O[C@H](CS)[C@@H](OC(C)=O)[C@H]1OC(C)=O. The Morgan fingerprint density at radius 3 is 2.42 bits per heavy atom. The minimum Gasteiger partial charge on any atom is -0.456 e. The molecule has 2 aromatic rings. The average molecular weight is 482 g/mol. The Bertz CT molecular complexity index is 1030. The van der Waals surface area contributed by atoms with Crippen molar-refractivity contribution in [1.82, 2.24) is 19.5 Å². The van der Waals surface area contributed by atoms with Crippen molar-refractivity contribution in [3.05, 3.63) is 6.33 Å². The van der Waals surface area contributed by atoms with E-state index >= 15 is 0 Å². The van der Waals surface area contributed by atoms with Gasteiger partial charge in [-0.2, -0.15) is 17.6 Å². The van der Waals surface area contributed by atoms with Crippen LogP contribution in [0, 0.1) is 0 Å². The smallest absolute Gasteiger partial charge is 0.309 e. The number of thiol groups is 1. The average Bonchev–Trinajstić information content (AvgIpc) is 3.26. The van der Waals surface area contributed by atoms with E-state index in [1.807, 2.05) is 6.92 Å². The maximum absolute atomic E-state index is 11.9. The zero-order valence-corrected chi connectivity index (χ0v) is 19.7. The maximum Gasteiger partial charge on any atom is 0.309 e. The van der Waals surface area contributed by atoms with Crippen molar-refractivity contribution in [3.63, 3.8) is 0 Å². The van der Waals surface area contributed by atoms with Crippen molar-refractivity contribution in [1.29, 1.82) is 0 Å². The fourth-order valence-electron chi connectivity index (χ4n) is 3.56. The number of ether oxygens (including phenoxy) is 4. The normalized spacial score (nSPS) is 22.2. The molecule has 13 heteroatoms. The summed E-state index contributed by atoms with van der Waals surface area (Å²) < 4.78 is 23.9. The van der Waals surface area contributed by atoms with Gasteiger partial charge in [0.15, 0.2) is 29.6 Å². The van der Waals surface area contributed by atoms with E-state index in [1.54, 1.807) is 4.57 Å². The van der Waals surface area contributed by atoms with E-state index in [2.05, 4.69) is 32.9 Å². The summed E-state index contributed by atoms with van der Waals surface area (Å²) in [6.07, 6.45) is -0.488. The monoisotopic (exact) mass is 481 g/mol. The summed E-state index contributed by atoms with van der Waals surface area (Å²) in [6, 6.07) is 0. The summed E-state index contributed by atoms with van der Waals surface area (Å²) in [5, 5.41) is 3.22. The van der Waals surface area contributed by atoms with Crippen LogP contribution in [0.25, 0.3) is 11.2 Å². The molecule has 4 atom stereocenters. The number of hydrogen-bond donors (Lipinski definition) is 2. The van der Waals surface area contributed by atoms with Crippen LogP contribution in [0.2, 0.25) is 0 Å². The lowest BCUT2D eigenvalue weighted by Gasteiger charge is -2.24. The molecule has 1 saturated heterocycles. The first-order valence-corrected chi connectivity index (χ1v) is 11.2. The molecule has 3 rings (SSSR count). The highest BCUT2D eigenvalue weighted by molar-refractivity contribution is 7.80. The van der Waals surface area contributed by atoms with Crippen LogP contribution in [0.5, 0.6) is 5.88 Å². The highest BCUT2D eigenvalue weighted by atomic mass is 32.1. The van der Waals surface area contributed by atoms with Crippen LogP contribution in [0.4, 0.5) is 5.95 Å². The molecule has 3 heterocycles. The molecule has 0 aromatic carbocycles. The Balaban J connectivity index is 2.15. The van der Waals surface area contributed by atoms with E-state index in [4.69, 9.17) is 18.9 Å². The Morgan fingerprint density at radius 2 is 1.82 bits per heavy atom. The Morgan fingerprint density at radius 1 is 1.12 bits per heavy atom. The largest absolute Gasteiger partial charge is 0.456 e. The Labute approximate surface area is 195 Å². The van der Waals surface area contributed by atoms with Gasteiger partial charge < -0.3 is 24.3 Å². The number of aromatic nitrogens is 4. The zero-order valence-electron chi connectivity index (χ0n) is 18.8. The van der Waals surface area contributed by atoms with Gasteiger partial charge in [0.1, 0.15) is 12.4 Å². The molecule has 0 saturated carbocycles. The van der Waals surface area contributed by atoms with Gasteiger partial charge in [0.05, 0.1) is 0 Å². The van der Waals surface area contributed by atoms with E-state index in [0.717, 1.165) is 12.8 Å². The molecule has 1 aliphatic heterocycles. The molecule has 1 fully saturated rings. The van der Waals surface area contributed by atoms with Crippen molar-refractivity contribution in [2.45, 2.75) is 65.1 Å². The number of imidazole rings is 1. The highest BCUT2D eigenvalue weighted by Gasteiger charge is 2.50. The molecule has 1 N–H and O–H groups in total. The number of unbranched alkanes of at least 4 members (excludes halogenated alkanes) is 1. The maximum atomic E-state index is 11.9. The van der Waals surface area contributed by atoms with E-state index in [1.165, 1.54) is 27.1 Å². The van der Waals surface area contributed by atoms with Crippen LogP contribution in [0.1, 0.15) is 46.8 Å². The molecule has 0 spiro atoms. The molecule has 0 amide bonds. The molecule has 0 aliphatic carbocycles. The minimum atomic E-state index is -1.00. The molecular weight excluding hydrogens is 454 g/mol. The molecule has 2 aromatic heterocycles. The van der Waals surface area contributed by atoms with Gasteiger partial charge in [-0.3, -0.25) is 19.0 Å². The molecule has 0 radical (unpaired) electrons. The zero-order chi connectivity index (χ0) is 24.1. The van der Waals surface area contributed by atoms with Crippen LogP contribution < -0.4 is 10.1 Å². The number of nitrogens with zero attached hydrogens (tertiary/aromatic N) is 4. The summed E-state index contributed by atoms with van der Waals surface area (Å²) in [7, 11) is 0. The minimum absolute atomic E-state index is 0.0193. The summed E-state index contributed by atoms with van der Waals surface area (Å²) in [5.41, 5.74) is 0.499. The van der Waals surface area contributed by atoms with E-state index < -0.39 is 42.4 Å². The number of rotatable bonds is 9. The molecule has 33 heavy (non-hydrogen) atoms. The standard InChI is InChI=1S/C20H27N5O7S/c1-5-6-7-21-20-24-14-17(22-9-23-18(14)31-12(4)28)25(20)19-16(30-11(3)27)15(29-10(2)26)13(8-33)32-19/h9,13,15-16,19,33H,5-8H2,1-4H3,(H,21,24)/t13-,15-,16-,19-/m1/s1. The Hall–Kier alpha value is -2.93. The van der Waals surface area contributed by atoms with Crippen LogP contribution in [0.3, 0.4) is 0 Å². The molecule has 12 nitrogen and oxygen atoms in total. The Kier molecular flexibility index (Phi) is 8.08. The summed E-state index contributed by atoms with van der Waals surface area (Å²) in [6.45, 7) is 6.40. The number of carbonyl (C=O) groups is 3. The van der Waals surface area contributed by atoms with Crippen molar-refractivity contribution in [3.8, 4) is 5.88 Å². The second-order valence-corrected chi connectivity index (χ2v) is 7.79. The fraction of sp³-hybridized carbons (Fsp3) is 0.600. The topological polar surface area (TPSA) is 144 Å². The molecule has 0 unspecified atom stereocenters. The number of hydrogen-bond acceptors (Lipinski definition) is 12. The van der Waals surface area contributed by atoms with E-state index in [0.29, 0.717) is 12.5 Å². The van der Waals surface area contributed by atoms with Crippen molar-refractivity contribution >= 4 is 47.6 Å². The number of anilines is 1. The van der Waals surface area contributed by atoms with Crippen molar-refractivity contribution in [2.75, 3.05) is 17.6 Å². The number of carbonyl (C=O) groups excluding carboxylic acids is 3. The van der Waals surface area contributed by atoms with Gasteiger partial charge in [0.25, 0.3) is 5.88 Å². The lowest BCUT2D eigenvalue weighted by molar-refractivity contribution is -0.165. The summed E-state index contributed by atoms with van der Waals surface area (Å²) in [4.78, 5) is 48.1. The quantitative estimate of drug-likeness (QED) is 0.306. The first-order valence-electron chi connectivity index (χ1n) is 10.5. The van der Waals surface area contributed by atoms with Gasteiger partial charge in [0, 0.05) is 33.1 Å². The lowest BCUT2D eigenvalue weighted by Crippen LogP contribution is -2.39. The molecule has 180 valence electrons. The molecule has 1 aliphatic rings. The van der Waals surface area contributed by atoms with Gasteiger partial charge in [0.2, 0.25) is 5.95 Å². The van der Waals surface area contributed by atoms with Crippen molar-refractivity contribution in [2.24, 2.45) is 0 Å². The third-order valence-electron chi connectivity index (χ3n) is 4.82. The van der Waals surface area contributed by atoms with Gasteiger partial charge >= 0.3 is 17.9 Å². The lowest BCUT2D eigenvalue weighted by atomic mass is 10.1. The van der Waals surface area contributed by atoms with Crippen LogP contribution in [-0.2, 0) is 28.6 Å². The second kappa shape index (κ2) is 10.8. The van der Waals surface area contributed by atoms with Crippen molar-refractivity contribution < 1.29 is 33.3 Å². The first kappa shape index (κ1) is 24.7. The summed E-state index contributed by atoms with van der Waals surface area (Å²) in [5.74, 6) is -1.17. The number of esters is 3. The van der Waals surface area contributed by atoms with Gasteiger partial charge in [-0.1, -0.05) is 13.3 Å². The third-order valence-corrected chi connectivity index (χ3v) is 5.18. The van der Waals surface area contributed by atoms with E-state index in [-0.39, 0.29) is 22.8 Å². The number of fused-ring (bicyclic) bond motifs is 1.